The van der Waals surface area contributed by atoms with E-state index in [1.807, 2.05) is 6.20 Å². The number of alkyl halides is 3. The van der Waals surface area contributed by atoms with Crippen LogP contribution >= 0.6 is 0 Å². The van der Waals surface area contributed by atoms with Gasteiger partial charge in [0.05, 0.1) is 5.56 Å². The molecule has 0 unspecified atom stereocenters. The molecule has 0 amide bonds. The summed E-state index contributed by atoms with van der Waals surface area (Å²) in [4.78, 5) is 9.01. The van der Waals surface area contributed by atoms with Crippen LogP contribution in [0, 0.1) is 12.7 Å². The van der Waals surface area contributed by atoms with Gasteiger partial charge in [0, 0.05) is 36.4 Å². The van der Waals surface area contributed by atoms with E-state index in [1.54, 1.807) is 4.90 Å². The average Bonchev–Trinajstić information content (AvgIpc) is 3.44. The number of piperidine rings is 1. The van der Waals surface area contributed by atoms with E-state index in [1.165, 1.54) is 16.7 Å². The van der Waals surface area contributed by atoms with Gasteiger partial charge in [0.25, 0.3) is 0 Å². The van der Waals surface area contributed by atoms with E-state index < -0.39 is 17.6 Å². The molecule has 0 atom stereocenters. The van der Waals surface area contributed by atoms with Crippen LogP contribution in [0.15, 0.2) is 66.0 Å². The summed E-state index contributed by atoms with van der Waals surface area (Å²) >= 11 is 0. The minimum Gasteiger partial charge on any atom is -0.361 e. The van der Waals surface area contributed by atoms with Crippen molar-refractivity contribution in [2.24, 2.45) is 0 Å². The Balaban J connectivity index is 1.66. The molecule has 5 rings (SSSR count). The third kappa shape index (κ3) is 5.17. The maximum atomic E-state index is 15.0. The van der Waals surface area contributed by atoms with E-state index in [0.717, 1.165) is 51.6 Å². The molecule has 0 bridgehead atoms. The summed E-state index contributed by atoms with van der Waals surface area (Å²) in [5, 5.41) is 1.10. The molecule has 1 saturated heterocycles. The van der Waals surface area contributed by atoms with Gasteiger partial charge in [-0.15, -0.1) is 0 Å². The number of halogens is 4. The summed E-state index contributed by atoms with van der Waals surface area (Å²) in [5.41, 5.74) is 9.19. The summed E-state index contributed by atoms with van der Waals surface area (Å²) in [6.07, 6.45) is 2.68. The van der Waals surface area contributed by atoms with Gasteiger partial charge in [-0.3, -0.25) is 0 Å². The van der Waals surface area contributed by atoms with Crippen LogP contribution in [0.3, 0.4) is 0 Å². The van der Waals surface area contributed by atoms with Crippen molar-refractivity contribution in [2.75, 3.05) is 18.0 Å². The van der Waals surface area contributed by atoms with Gasteiger partial charge in [0.15, 0.2) is 11.6 Å². The number of aromatic amines is 1. The van der Waals surface area contributed by atoms with Gasteiger partial charge in [-0.1, -0.05) is 50.3 Å². The number of allylic oxidation sites excluding steroid dienone is 1. The van der Waals surface area contributed by atoms with Gasteiger partial charge < -0.3 is 9.88 Å². The molecule has 0 spiro atoms. The second-order valence-electron chi connectivity index (χ2n) is 10.4. The molecule has 40 heavy (non-hydrogen) atoms. The molecule has 4 aromatic rings. The second-order valence-corrected chi connectivity index (χ2v) is 10.4. The zero-order valence-electron chi connectivity index (χ0n) is 23.2. The number of anilines is 1. The van der Waals surface area contributed by atoms with Crippen molar-refractivity contribution in [3.05, 3.63) is 105 Å². The number of fused-ring (bicyclic) bond motifs is 1. The number of pyridine rings is 1. The average molecular weight is 548 g/mol. The maximum absolute atomic E-state index is 15.0. The van der Waals surface area contributed by atoms with Gasteiger partial charge in [-0.25, -0.2) is 9.37 Å². The first-order chi connectivity index (χ1) is 19.1. The van der Waals surface area contributed by atoms with Crippen molar-refractivity contribution in [3.8, 4) is 0 Å². The summed E-state index contributed by atoms with van der Waals surface area (Å²) in [6.45, 7) is 9.22. The largest absolute Gasteiger partial charge is 0.417 e. The molecule has 0 radical (unpaired) electrons. The van der Waals surface area contributed by atoms with Crippen LogP contribution < -0.4 is 4.90 Å². The topological polar surface area (TPSA) is 31.9 Å². The molecule has 3 nitrogen and oxygen atoms in total. The number of nitrogens with zero attached hydrogens (tertiary/aromatic N) is 2. The quantitative estimate of drug-likeness (QED) is 0.253. The van der Waals surface area contributed by atoms with E-state index in [2.05, 4.69) is 80.1 Å². The van der Waals surface area contributed by atoms with Crippen LogP contribution in [0.5, 0.6) is 0 Å². The summed E-state index contributed by atoms with van der Waals surface area (Å²) in [7, 11) is 0. The van der Waals surface area contributed by atoms with Crippen LogP contribution in [-0.2, 0) is 19.0 Å². The zero-order valence-corrected chi connectivity index (χ0v) is 23.2. The number of hydrogen-bond donors (Lipinski definition) is 1. The number of aryl methyl sites for hydroxylation is 3. The van der Waals surface area contributed by atoms with Crippen molar-refractivity contribution in [2.45, 2.75) is 53.1 Å². The van der Waals surface area contributed by atoms with E-state index in [9.17, 15) is 13.2 Å². The molecule has 0 aliphatic carbocycles. The van der Waals surface area contributed by atoms with Gasteiger partial charge in [-0.2, -0.15) is 13.2 Å². The van der Waals surface area contributed by atoms with E-state index in [-0.39, 0.29) is 5.82 Å². The van der Waals surface area contributed by atoms with Crippen LogP contribution in [0.25, 0.3) is 22.6 Å². The Morgan fingerprint density at radius 3 is 2.45 bits per heavy atom. The highest BCUT2D eigenvalue weighted by Crippen LogP contribution is 2.38. The first-order valence-electron chi connectivity index (χ1n) is 13.7. The Kier molecular flexibility index (Phi) is 7.58. The Hall–Kier alpha value is -3.87. The fourth-order valence-electron chi connectivity index (χ4n) is 5.73. The Bertz CT molecular complexity index is 1600. The standard InChI is InChI=1S/C33H33F4N3/c1-5-22-8-7-9-23(6-2)28(22)16-24-13-15-40(32-30(34)17-25(18-39-32)33(35,36)37)19-29(24)21(4)26-11-10-20(3)31-27(26)12-14-38-31/h7-12,14,16-18,38H,5-6,13,15,19H2,1-4H3/b24-16-,29-21+. The second kappa shape index (κ2) is 11.0. The maximum Gasteiger partial charge on any atom is 0.417 e. The molecule has 2 aromatic heterocycles. The lowest BCUT2D eigenvalue weighted by Crippen LogP contribution is -2.34. The lowest BCUT2D eigenvalue weighted by atomic mass is 9.86. The fraction of sp³-hybridized carbons (Fsp3) is 0.303. The molecular formula is C33H33F4N3. The smallest absolute Gasteiger partial charge is 0.361 e. The number of rotatable bonds is 5. The third-order valence-corrected chi connectivity index (χ3v) is 7.99. The molecule has 1 fully saturated rings. The Morgan fingerprint density at radius 1 is 1.07 bits per heavy atom. The molecule has 2 aromatic carbocycles. The van der Waals surface area contributed by atoms with Crippen LogP contribution in [-0.4, -0.2) is 23.1 Å². The van der Waals surface area contributed by atoms with Gasteiger partial charge in [0.1, 0.15) is 0 Å². The molecule has 7 heteroatoms. The summed E-state index contributed by atoms with van der Waals surface area (Å²) < 4.78 is 54.5. The first-order valence-corrected chi connectivity index (χ1v) is 13.7. The Labute approximate surface area is 232 Å². The minimum atomic E-state index is -4.65. The number of aromatic nitrogens is 2. The molecule has 208 valence electrons. The molecular weight excluding hydrogens is 514 g/mol. The van der Waals surface area contributed by atoms with Crippen molar-refractivity contribution in [1.29, 1.82) is 0 Å². The molecule has 1 N–H and O–H groups in total. The molecule has 1 aliphatic heterocycles. The number of hydrogen-bond acceptors (Lipinski definition) is 2. The van der Waals surface area contributed by atoms with Crippen LogP contribution in [0.2, 0.25) is 0 Å². The van der Waals surface area contributed by atoms with E-state index in [0.29, 0.717) is 31.8 Å². The lowest BCUT2D eigenvalue weighted by Gasteiger charge is -2.33. The molecule has 0 saturated carbocycles. The van der Waals surface area contributed by atoms with E-state index in [4.69, 9.17) is 0 Å². The van der Waals surface area contributed by atoms with Gasteiger partial charge in [0.2, 0.25) is 0 Å². The third-order valence-electron chi connectivity index (χ3n) is 7.99. The Morgan fingerprint density at radius 2 is 1.80 bits per heavy atom. The summed E-state index contributed by atoms with van der Waals surface area (Å²) in [5.74, 6) is -1.02. The lowest BCUT2D eigenvalue weighted by molar-refractivity contribution is -0.138. The van der Waals surface area contributed by atoms with Gasteiger partial charge in [-0.05, 0) is 89.8 Å². The predicted octanol–water partition coefficient (Wildman–Crippen LogP) is 8.92. The van der Waals surface area contributed by atoms with E-state index >= 15 is 4.39 Å². The number of H-pyrrole nitrogens is 1. The highest BCUT2D eigenvalue weighted by molar-refractivity contribution is 5.95. The minimum absolute atomic E-state index is 0.0590. The van der Waals surface area contributed by atoms with Crippen molar-refractivity contribution >= 4 is 28.4 Å². The highest BCUT2D eigenvalue weighted by atomic mass is 19.4. The molecule has 3 heterocycles. The number of nitrogens with one attached hydrogen (secondary N) is 1. The van der Waals surface area contributed by atoms with Crippen molar-refractivity contribution in [3.63, 3.8) is 0 Å². The van der Waals surface area contributed by atoms with Crippen molar-refractivity contribution in [1.82, 2.24) is 9.97 Å². The van der Waals surface area contributed by atoms with Gasteiger partial charge >= 0.3 is 6.18 Å². The predicted molar refractivity (Wildman–Crippen MR) is 155 cm³/mol. The summed E-state index contributed by atoms with van der Waals surface area (Å²) in [6, 6.07) is 13.2. The van der Waals surface area contributed by atoms with Crippen LogP contribution in [0.4, 0.5) is 23.4 Å². The first kappa shape index (κ1) is 27.7. The normalized spacial score (nSPS) is 16.7. The number of benzene rings is 2. The highest BCUT2D eigenvalue weighted by Gasteiger charge is 2.33. The van der Waals surface area contributed by atoms with Crippen molar-refractivity contribution < 1.29 is 17.6 Å². The SMILES string of the molecule is CCc1cccc(CC)c1/C=C1/CCN(c2ncc(C(F)(F)F)cc2F)C/C1=C(/C)c1ccc(C)c2[nH]ccc12. The van der Waals surface area contributed by atoms with Crippen LogP contribution in [0.1, 0.15) is 60.6 Å². The monoisotopic (exact) mass is 547 g/mol. The fourth-order valence-corrected chi connectivity index (χ4v) is 5.73. The zero-order chi connectivity index (χ0) is 28.6. The molecule has 1 aliphatic rings.